The lowest BCUT2D eigenvalue weighted by atomic mass is 9.92. The van der Waals surface area contributed by atoms with Crippen LogP contribution in [-0.2, 0) is 27.6 Å². The summed E-state index contributed by atoms with van der Waals surface area (Å²) in [6.07, 6.45) is 5.01. The average Bonchev–Trinajstić information content (AvgIpc) is 3.45. The maximum absolute atomic E-state index is 13.4. The van der Waals surface area contributed by atoms with Crippen LogP contribution in [0.4, 0.5) is 0 Å². The fourth-order valence-corrected chi connectivity index (χ4v) is 4.28. The fourth-order valence-electron chi connectivity index (χ4n) is 3.60. The predicted octanol–water partition coefficient (Wildman–Crippen LogP) is 3.92. The molecule has 1 aromatic heterocycles. The number of hydrogen-bond acceptors (Lipinski definition) is 6. The average molecular weight is 426 g/mol. The van der Waals surface area contributed by atoms with Gasteiger partial charge in [-0.3, -0.25) is 4.79 Å². The topological polar surface area (TPSA) is 86.5 Å². The first-order valence-corrected chi connectivity index (χ1v) is 11.7. The first-order valence-electron chi connectivity index (χ1n) is 9.76. The molecule has 0 bridgehead atoms. The number of hydrogen-bond donors (Lipinski definition) is 0. The zero-order valence-corrected chi connectivity index (χ0v) is 17.7. The first kappa shape index (κ1) is 20.5. The zero-order chi connectivity index (χ0) is 21.3. The van der Waals surface area contributed by atoms with Gasteiger partial charge in [0.1, 0.15) is 0 Å². The van der Waals surface area contributed by atoms with E-state index in [1.165, 1.54) is 12.3 Å². The van der Waals surface area contributed by atoms with Crippen LogP contribution in [0.5, 0.6) is 0 Å². The van der Waals surface area contributed by atoms with Gasteiger partial charge in [-0.05, 0) is 54.2 Å². The van der Waals surface area contributed by atoms with Gasteiger partial charge < -0.3 is 9.26 Å². The lowest BCUT2D eigenvalue weighted by Crippen LogP contribution is -2.10. The summed E-state index contributed by atoms with van der Waals surface area (Å²) in [4.78, 5) is 13.6. The van der Waals surface area contributed by atoms with Crippen molar-refractivity contribution in [2.45, 2.75) is 36.7 Å². The number of rotatable bonds is 8. The minimum absolute atomic E-state index is 0.186. The Morgan fingerprint density at radius 3 is 2.50 bits per heavy atom. The maximum Gasteiger partial charge on any atom is 0.198 e. The molecule has 0 atom stereocenters. The van der Waals surface area contributed by atoms with Crippen LogP contribution < -0.4 is 0 Å². The molecule has 30 heavy (non-hydrogen) atoms. The molecular formula is C23H23NO5S. The van der Waals surface area contributed by atoms with Crippen molar-refractivity contribution in [2.24, 2.45) is 0 Å². The molecule has 0 aliphatic heterocycles. The summed E-state index contributed by atoms with van der Waals surface area (Å²) >= 11 is 0. The van der Waals surface area contributed by atoms with Gasteiger partial charge in [0.15, 0.2) is 21.4 Å². The number of ketones is 1. The molecule has 1 aliphatic rings. The number of carbonyl (C=O) groups excluding carboxylic acids is 1. The van der Waals surface area contributed by atoms with Crippen molar-refractivity contribution in [2.75, 3.05) is 13.4 Å². The van der Waals surface area contributed by atoms with E-state index in [-0.39, 0.29) is 16.6 Å². The SMILES string of the molecule is COCc1ccccc1Cc1cc(S(C)(=O)=O)ccc1C(=O)c1cnoc1C1CC1. The van der Waals surface area contributed by atoms with E-state index in [0.717, 1.165) is 30.2 Å². The van der Waals surface area contributed by atoms with E-state index in [4.69, 9.17) is 9.26 Å². The van der Waals surface area contributed by atoms with E-state index in [0.29, 0.717) is 35.5 Å². The number of methoxy groups -OCH3 is 1. The van der Waals surface area contributed by atoms with E-state index >= 15 is 0 Å². The normalized spacial score (nSPS) is 14.1. The number of sulfone groups is 1. The van der Waals surface area contributed by atoms with Gasteiger partial charge in [-0.15, -0.1) is 0 Å². The second-order valence-electron chi connectivity index (χ2n) is 7.68. The van der Waals surface area contributed by atoms with Crippen molar-refractivity contribution in [3.05, 3.63) is 82.2 Å². The van der Waals surface area contributed by atoms with Crippen molar-refractivity contribution >= 4 is 15.6 Å². The second-order valence-corrected chi connectivity index (χ2v) is 9.69. The van der Waals surface area contributed by atoms with Crippen LogP contribution in [0.2, 0.25) is 0 Å². The van der Waals surface area contributed by atoms with E-state index in [1.807, 2.05) is 24.3 Å². The third kappa shape index (κ3) is 4.22. The van der Waals surface area contributed by atoms with E-state index in [2.05, 4.69) is 5.16 Å². The van der Waals surface area contributed by atoms with Gasteiger partial charge >= 0.3 is 0 Å². The molecule has 0 unspecified atom stereocenters. The Balaban J connectivity index is 1.79. The smallest absolute Gasteiger partial charge is 0.198 e. The van der Waals surface area contributed by atoms with Crippen molar-refractivity contribution < 1.29 is 22.5 Å². The van der Waals surface area contributed by atoms with Crippen molar-refractivity contribution in [3.8, 4) is 0 Å². The number of nitrogens with zero attached hydrogens (tertiary/aromatic N) is 1. The number of ether oxygens (including phenoxy) is 1. The summed E-state index contributed by atoms with van der Waals surface area (Å²) in [6, 6.07) is 12.4. The predicted molar refractivity (Wildman–Crippen MR) is 111 cm³/mol. The third-order valence-electron chi connectivity index (χ3n) is 5.34. The minimum atomic E-state index is -3.41. The highest BCUT2D eigenvalue weighted by Crippen LogP contribution is 2.42. The Morgan fingerprint density at radius 2 is 1.83 bits per heavy atom. The Hall–Kier alpha value is -2.77. The van der Waals surface area contributed by atoms with Crippen LogP contribution in [0.1, 0.15) is 57.1 Å². The van der Waals surface area contributed by atoms with Gasteiger partial charge in [0.05, 0.1) is 23.3 Å². The standard InChI is InChI=1S/C23H23NO5S/c1-28-14-17-6-4-3-5-16(17)11-18-12-19(30(2,26)27)9-10-20(18)22(25)21-13-24-29-23(21)15-7-8-15/h3-6,9-10,12-13,15H,7-8,11,14H2,1-2H3. The highest BCUT2D eigenvalue weighted by Gasteiger charge is 2.33. The molecule has 1 fully saturated rings. The molecule has 0 saturated heterocycles. The molecule has 0 spiro atoms. The fraction of sp³-hybridized carbons (Fsp3) is 0.304. The molecule has 0 N–H and O–H groups in total. The summed E-state index contributed by atoms with van der Waals surface area (Å²) in [5.41, 5.74) is 3.53. The summed E-state index contributed by atoms with van der Waals surface area (Å²) in [6.45, 7) is 0.433. The van der Waals surface area contributed by atoms with Crippen LogP contribution in [0, 0.1) is 0 Å². The van der Waals surface area contributed by atoms with Gasteiger partial charge in [-0.25, -0.2) is 8.42 Å². The molecular weight excluding hydrogens is 402 g/mol. The van der Waals surface area contributed by atoms with Crippen molar-refractivity contribution in [1.82, 2.24) is 5.16 Å². The molecule has 4 rings (SSSR count). The number of carbonyl (C=O) groups is 1. The second kappa shape index (κ2) is 8.16. The lowest BCUT2D eigenvalue weighted by Gasteiger charge is -2.13. The lowest BCUT2D eigenvalue weighted by molar-refractivity contribution is 0.103. The molecule has 1 saturated carbocycles. The van der Waals surface area contributed by atoms with E-state index in [9.17, 15) is 13.2 Å². The number of benzene rings is 2. The molecule has 0 amide bonds. The molecule has 2 aromatic carbocycles. The Labute approximate surface area is 175 Å². The zero-order valence-electron chi connectivity index (χ0n) is 16.9. The van der Waals surface area contributed by atoms with Crippen molar-refractivity contribution in [3.63, 3.8) is 0 Å². The van der Waals surface area contributed by atoms with Crippen LogP contribution in [0.25, 0.3) is 0 Å². The molecule has 6 nitrogen and oxygen atoms in total. The van der Waals surface area contributed by atoms with Crippen LogP contribution in [-0.4, -0.2) is 32.7 Å². The quantitative estimate of drug-likeness (QED) is 0.509. The molecule has 156 valence electrons. The molecule has 7 heteroatoms. The summed E-state index contributed by atoms with van der Waals surface area (Å²) < 4.78 is 34.9. The van der Waals surface area contributed by atoms with Crippen LogP contribution >= 0.6 is 0 Å². The summed E-state index contributed by atoms with van der Waals surface area (Å²) in [7, 11) is -1.79. The highest BCUT2D eigenvalue weighted by atomic mass is 32.2. The molecule has 3 aromatic rings. The number of aromatic nitrogens is 1. The Bertz CT molecular complexity index is 1190. The van der Waals surface area contributed by atoms with Gasteiger partial charge in [0.2, 0.25) is 0 Å². The third-order valence-corrected chi connectivity index (χ3v) is 6.45. The molecule has 0 radical (unpaired) electrons. The van der Waals surface area contributed by atoms with E-state index in [1.54, 1.807) is 19.2 Å². The van der Waals surface area contributed by atoms with Gasteiger partial charge in [-0.2, -0.15) is 0 Å². The van der Waals surface area contributed by atoms with Crippen LogP contribution in [0.15, 0.2) is 58.1 Å². The van der Waals surface area contributed by atoms with Crippen molar-refractivity contribution in [1.29, 1.82) is 0 Å². The van der Waals surface area contributed by atoms with Crippen LogP contribution in [0.3, 0.4) is 0 Å². The van der Waals surface area contributed by atoms with Gasteiger partial charge in [-0.1, -0.05) is 29.4 Å². The van der Waals surface area contributed by atoms with Gasteiger partial charge in [0.25, 0.3) is 0 Å². The molecule has 1 aliphatic carbocycles. The summed E-state index contributed by atoms with van der Waals surface area (Å²) in [5, 5.41) is 3.83. The maximum atomic E-state index is 13.4. The Kier molecular flexibility index (Phi) is 5.58. The van der Waals surface area contributed by atoms with E-state index < -0.39 is 9.84 Å². The largest absolute Gasteiger partial charge is 0.380 e. The molecule has 1 heterocycles. The summed E-state index contributed by atoms with van der Waals surface area (Å²) in [5.74, 6) is 0.669. The highest BCUT2D eigenvalue weighted by molar-refractivity contribution is 7.90. The first-order chi connectivity index (χ1) is 14.4. The Morgan fingerprint density at radius 1 is 1.10 bits per heavy atom. The monoisotopic (exact) mass is 425 g/mol. The minimum Gasteiger partial charge on any atom is -0.380 e. The van der Waals surface area contributed by atoms with Gasteiger partial charge in [0, 0.05) is 24.8 Å².